The van der Waals surface area contributed by atoms with E-state index >= 15 is 0 Å². The summed E-state index contributed by atoms with van der Waals surface area (Å²) in [6, 6.07) is 16.0. The maximum Gasteiger partial charge on any atom is 0.414 e. The fraction of sp³-hybridized carbons (Fsp3) is 0.500. The summed E-state index contributed by atoms with van der Waals surface area (Å²) in [5.41, 5.74) is 2.81. The van der Waals surface area contributed by atoms with Crippen molar-refractivity contribution >= 4 is 17.7 Å². The lowest BCUT2D eigenvalue weighted by Crippen LogP contribution is -2.30. The summed E-state index contributed by atoms with van der Waals surface area (Å²) in [7, 11) is 1.79. The minimum Gasteiger partial charge on any atom is -0.410 e. The van der Waals surface area contributed by atoms with Gasteiger partial charge in [-0.1, -0.05) is 49.2 Å². The van der Waals surface area contributed by atoms with Crippen LogP contribution in [0.15, 0.2) is 48.5 Å². The minimum absolute atomic E-state index is 0.336. The van der Waals surface area contributed by atoms with E-state index in [1.807, 2.05) is 0 Å². The number of amides is 1. The quantitative estimate of drug-likeness (QED) is 0.431. The highest BCUT2D eigenvalue weighted by atomic mass is 35.5. The molecule has 1 atom stereocenters. The third-order valence-corrected chi connectivity index (χ3v) is 6.43. The van der Waals surface area contributed by atoms with E-state index in [1.165, 1.54) is 43.5 Å². The Morgan fingerprint density at radius 3 is 2.39 bits per heavy atom. The van der Waals surface area contributed by atoms with Crippen LogP contribution in [0.1, 0.15) is 62.5 Å². The lowest BCUT2D eigenvalue weighted by atomic mass is 9.91. The Morgan fingerprint density at radius 2 is 1.74 bits per heavy atom. The van der Waals surface area contributed by atoms with Crippen LogP contribution in [0.25, 0.3) is 0 Å². The number of benzene rings is 2. The highest BCUT2D eigenvalue weighted by molar-refractivity contribution is 6.30. The first-order valence-corrected chi connectivity index (χ1v) is 11.9. The van der Waals surface area contributed by atoms with E-state index in [1.54, 1.807) is 36.2 Å². The van der Waals surface area contributed by atoms with Crippen molar-refractivity contribution in [3.05, 3.63) is 64.7 Å². The summed E-state index contributed by atoms with van der Waals surface area (Å²) < 4.78 is 5.40. The molecule has 168 valence electrons. The number of nitrogens with zero attached hydrogens (tertiary/aromatic N) is 2. The molecule has 0 saturated carbocycles. The molecule has 1 aliphatic heterocycles. The van der Waals surface area contributed by atoms with E-state index in [0.717, 1.165) is 25.8 Å². The van der Waals surface area contributed by atoms with Crippen LogP contribution in [0.2, 0.25) is 5.02 Å². The highest BCUT2D eigenvalue weighted by Gasteiger charge is 2.15. The van der Waals surface area contributed by atoms with E-state index in [0.29, 0.717) is 23.2 Å². The van der Waals surface area contributed by atoms with Crippen molar-refractivity contribution < 1.29 is 9.53 Å². The van der Waals surface area contributed by atoms with Gasteiger partial charge in [0.1, 0.15) is 5.75 Å². The highest BCUT2D eigenvalue weighted by Crippen LogP contribution is 2.26. The molecule has 31 heavy (non-hydrogen) atoms. The van der Waals surface area contributed by atoms with Gasteiger partial charge in [-0.15, -0.1) is 0 Å². The normalized spacial score (nSPS) is 15.5. The molecule has 1 amide bonds. The molecule has 0 spiro atoms. The molecular formula is C26H35ClN2O2. The third kappa shape index (κ3) is 7.55. The topological polar surface area (TPSA) is 32.8 Å². The van der Waals surface area contributed by atoms with E-state index in [4.69, 9.17) is 16.3 Å². The molecule has 0 bridgehead atoms. The number of carbonyl (C=O) groups excluding carboxylic acids is 1. The van der Waals surface area contributed by atoms with Gasteiger partial charge in [-0.05, 0) is 86.5 Å². The second-order valence-corrected chi connectivity index (χ2v) is 9.01. The average molecular weight is 443 g/mol. The van der Waals surface area contributed by atoms with Gasteiger partial charge in [0.2, 0.25) is 0 Å². The van der Waals surface area contributed by atoms with E-state index in [2.05, 4.69) is 36.1 Å². The zero-order valence-corrected chi connectivity index (χ0v) is 19.6. The van der Waals surface area contributed by atoms with Gasteiger partial charge in [-0.3, -0.25) is 4.90 Å². The van der Waals surface area contributed by atoms with Crippen molar-refractivity contribution in [3.8, 4) is 5.75 Å². The third-order valence-electron chi connectivity index (χ3n) is 6.18. The van der Waals surface area contributed by atoms with Crippen molar-refractivity contribution in [2.24, 2.45) is 0 Å². The largest absolute Gasteiger partial charge is 0.414 e. The molecule has 5 heteroatoms. The molecule has 0 radical (unpaired) electrons. The summed E-state index contributed by atoms with van der Waals surface area (Å²) in [6.07, 6.45) is 6.81. The Morgan fingerprint density at radius 1 is 1.06 bits per heavy atom. The lowest BCUT2D eigenvalue weighted by molar-refractivity contribution is 0.162. The Hall–Kier alpha value is -2.04. The predicted octanol–water partition coefficient (Wildman–Crippen LogP) is 6.73. The van der Waals surface area contributed by atoms with Crippen LogP contribution in [0.5, 0.6) is 5.75 Å². The SMILES string of the molecule is CCC(CCCN(C)C(=O)Oc1ccc(Cl)cc1)c1ccc(CN2CCCCC2)cc1. The molecule has 1 unspecified atom stereocenters. The zero-order valence-electron chi connectivity index (χ0n) is 18.9. The van der Waals surface area contributed by atoms with Crippen LogP contribution in [0, 0.1) is 0 Å². The second-order valence-electron chi connectivity index (χ2n) is 8.57. The van der Waals surface area contributed by atoms with Crippen LogP contribution >= 0.6 is 11.6 Å². The number of likely N-dealkylation sites (tertiary alicyclic amines) is 1. The van der Waals surface area contributed by atoms with E-state index < -0.39 is 0 Å². The standard InChI is InChI=1S/C26H35ClN2O2/c1-3-22(23-11-9-21(10-12-23)20-29-18-5-4-6-19-29)8-7-17-28(2)26(30)31-25-15-13-24(27)14-16-25/h9-16,22H,3-8,17-20H2,1-2H3. The average Bonchev–Trinajstić information content (AvgIpc) is 2.79. The number of ether oxygens (including phenoxy) is 1. The number of hydrogen-bond acceptors (Lipinski definition) is 3. The Labute approximate surface area is 192 Å². The molecule has 2 aromatic rings. The van der Waals surface area contributed by atoms with Crippen molar-refractivity contribution in [1.29, 1.82) is 0 Å². The van der Waals surface area contributed by atoms with Crippen LogP contribution < -0.4 is 4.74 Å². The molecule has 1 heterocycles. The Bertz CT molecular complexity index is 801. The van der Waals surface area contributed by atoms with Crippen molar-refractivity contribution in [1.82, 2.24) is 9.80 Å². The summed E-state index contributed by atoms with van der Waals surface area (Å²) in [6.45, 7) is 6.44. The molecule has 0 N–H and O–H groups in total. The number of rotatable bonds is 9. The summed E-state index contributed by atoms with van der Waals surface area (Å²) in [5, 5.41) is 0.623. The van der Waals surface area contributed by atoms with Gasteiger partial charge in [0.25, 0.3) is 0 Å². The molecule has 0 aromatic heterocycles. The number of carbonyl (C=O) groups is 1. The van der Waals surface area contributed by atoms with Crippen LogP contribution in [0.3, 0.4) is 0 Å². The van der Waals surface area contributed by atoms with Crippen molar-refractivity contribution in [2.45, 2.75) is 57.9 Å². The van der Waals surface area contributed by atoms with Gasteiger partial charge < -0.3 is 9.64 Å². The van der Waals surface area contributed by atoms with Gasteiger partial charge in [0.15, 0.2) is 0 Å². The first kappa shape index (κ1) is 23.6. The first-order chi connectivity index (χ1) is 15.0. The summed E-state index contributed by atoms with van der Waals surface area (Å²) in [5.74, 6) is 1.03. The molecule has 1 saturated heterocycles. The zero-order chi connectivity index (χ0) is 22.1. The molecule has 4 nitrogen and oxygen atoms in total. The van der Waals surface area contributed by atoms with Crippen LogP contribution in [-0.2, 0) is 6.54 Å². The minimum atomic E-state index is -0.336. The molecule has 0 aliphatic carbocycles. The molecular weight excluding hydrogens is 408 g/mol. The molecule has 1 fully saturated rings. The van der Waals surface area contributed by atoms with E-state index in [-0.39, 0.29) is 6.09 Å². The van der Waals surface area contributed by atoms with Gasteiger partial charge in [-0.2, -0.15) is 0 Å². The molecule has 1 aliphatic rings. The van der Waals surface area contributed by atoms with Gasteiger partial charge in [-0.25, -0.2) is 4.79 Å². The van der Waals surface area contributed by atoms with Crippen LogP contribution in [0.4, 0.5) is 4.79 Å². The monoisotopic (exact) mass is 442 g/mol. The summed E-state index contributed by atoms with van der Waals surface area (Å²) in [4.78, 5) is 16.5. The van der Waals surface area contributed by atoms with Gasteiger partial charge in [0.05, 0.1) is 0 Å². The maximum atomic E-state index is 12.3. The fourth-order valence-corrected chi connectivity index (χ4v) is 4.35. The fourth-order valence-electron chi connectivity index (χ4n) is 4.22. The Balaban J connectivity index is 1.43. The summed E-state index contributed by atoms with van der Waals surface area (Å²) >= 11 is 5.87. The maximum absolute atomic E-state index is 12.3. The number of halogens is 1. The first-order valence-electron chi connectivity index (χ1n) is 11.5. The Kier molecular flexibility index (Phi) is 9.23. The number of hydrogen-bond donors (Lipinski definition) is 0. The predicted molar refractivity (Wildman–Crippen MR) is 128 cm³/mol. The van der Waals surface area contributed by atoms with Crippen molar-refractivity contribution in [2.75, 3.05) is 26.7 Å². The lowest BCUT2D eigenvalue weighted by Gasteiger charge is -2.26. The van der Waals surface area contributed by atoms with Gasteiger partial charge in [0, 0.05) is 25.2 Å². The second kappa shape index (κ2) is 12.1. The molecule has 3 rings (SSSR count). The number of piperidine rings is 1. The van der Waals surface area contributed by atoms with Crippen molar-refractivity contribution in [3.63, 3.8) is 0 Å². The van der Waals surface area contributed by atoms with Gasteiger partial charge >= 0.3 is 6.09 Å². The smallest absolute Gasteiger partial charge is 0.410 e. The van der Waals surface area contributed by atoms with E-state index in [9.17, 15) is 4.79 Å². The molecule has 2 aromatic carbocycles. The van der Waals surface area contributed by atoms with Crippen LogP contribution in [-0.4, -0.2) is 42.6 Å².